The highest BCUT2D eigenvalue weighted by atomic mass is 16.6. The largest absolute Gasteiger partial charge is 0.870 e. The van der Waals surface area contributed by atoms with Crippen molar-refractivity contribution in [1.82, 2.24) is 0 Å². The molecule has 1 heterocycles. The van der Waals surface area contributed by atoms with E-state index in [1.165, 1.54) is 12.3 Å². The summed E-state index contributed by atoms with van der Waals surface area (Å²) in [6.45, 7) is 5.06. The second kappa shape index (κ2) is 8.50. The predicted octanol–water partition coefficient (Wildman–Crippen LogP) is 2.65. The SMILES string of the molecule is CCOc1cc([N+](=O)[O-])cc(C=Nc2ccc(N3CCOCC3)cc2)c1[O-]. The van der Waals surface area contributed by atoms with Crippen molar-refractivity contribution in [3.63, 3.8) is 0 Å². The molecule has 0 atom stereocenters. The average molecular weight is 370 g/mol. The number of hydrogen-bond acceptors (Lipinski definition) is 7. The number of nitro benzene ring substituents is 1. The molecule has 8 nitrogen and oxygen atoms in total. The van der Waals surface area contributed by atoms with Crippen LogP contribution in [0.3, 0.4) is 0 Å². The number of hydrogen-bond donors (Lipinski definition) is 0. The third kappa shape index (κ3) is 4.53. The molecule has 0 aromatic heterocycles. The summed E-state index contributed by atoms with van der Waals surface area (Å²) in [5.74, 6) is -0.466. The minimum atomic E-state index is -0.559. The Morgan fingerprint density at radius 2 is 1.96 bits per heavy atom. The molecular weight excluding hydrogens is 350 g/mol. The molecule has 0 radical (unpaired) electrons. The Hall–Kier alpha value is -3.13. The van der Waals surface area contributed by atoms with Gasteiger partial charge in [0.25, 0.3) is 5.69 Å². The van der Waals surface area contributed by atoms with Crippen LogP contribution < -0.4 is 14.7 Å². The first-order valence-corrected chi connectivity index (χ1v) is 8.67. The first-order valence-electron chi connectivity index (χ1n) is 8.67. The van der Waals surface area contributed by atoms with Gasteiger partial charge in [-0.15, -0.1) is 0 Å². The number of ether oxygens (including phenoxy) is 2. The lowest BCUT2D eigenvalue weighted by Crippen LogP contribution is -2.36. The standard InChI is InChI=1S/C19H21N3O5/c1-2-27-18-12-17(22(24)25)11-14(19(18)23)13-20-15-3-5-16(6-4-15)21-7-9-26-10-8-21/h3-6,11-13,23H,2,7-10H2,1H3/p-1. The van der Waals surface area contributed by atoms with Gasteiger partial charge in [0.05, 0.1) is 36.5 Å². The Morgan fingerprint density at radius 1 is 1.26 bits per heavy atom. The van der Waals surface area contributed by atoms with Crippen LogP contribution in [-0.2, 0) is 4.74 Å². The molecule has 3 rings (SSSR count). The van der Waals surface area contributed by atoms with Crippen molar-refractivity contribution in [3.05, 3.63) is 52.1 Å². The van der Waals surface area contributed by atoms with Crippen LogP contribution in [0.2, 0.25) is 0 Å². The van der Waals surface area contributed by atoms with E-state index >= 15 is 0 Å². The number of morpholine rings is 1. The monoisotopic (exact) mass is 370 g/mol. The van der Waals surface area contributed by atoms with Crippen LogP contribution in [0.5, 0.6) is 11.5 Å². The molecule has 0 amide bonds. The molecule has 2 aromatic carbocycles. The number of benzene rings is 2. The van der Waals surface area contributed by atoms with Gasteiger partial charge < -0.3 is 19.5 Å². The highest BCUT2D eigenvalue weighted by Gasteiger charge is 2.12. The number of non-ortho nitro benzene ring substituents is 1. The molecule has 2 aromatic rings. The van der Waals surface area contributed by atoms with E-state index in [0.717, 1.165) is 24.8 Å². The van der Waals surface area contributed by atoms with Gasteiger partial charge in [0.15, 0.2) is 0 Å². The van der Waals surface area contributed by atoms with E-state index in [4.69, 9.17) is 9.47 Å². The average Bonchev–Trinajstić information content (AvgIpc) is 2.69. The molecule has 142 valence electrons. The maximum Gasteiger partial charge on any atom is 0.273 e. The summed E-state index contributed by atoms with van der Waals surface area (Å²) in [7, 11) is 0. The first kappa shape index (κ1) is 18.7. The first-order chi connectivity index (χ1) is 13.1. The topological polar surface area (TPSA) is 100 Å². The summed E-state index contributed by atoms with van der Waals surface area (Å²) < 4.78 is 10.6. The zero-order valence-electron chi connectivity index (χ0n) is 15.0. The lowest BCUT2D eigenvalue weighted by Gasteiger charge is -2.28. The van der Waals surface area contributed by atoms with Crippen LogP contribution >= 0.6 is 0 Å². The van der Waals surface area contributed by atoms with Gasteiger partial charge in [-0.25, -0.2) is 0 Å². The summed E-state index contributed by atoms with van der Waals surface area (Å²) in [5.41, 5.74) is 1.64. The molecule has 1 aliphatic rings. The van der Waals surface area contributed by atoms with E-state index in [2.05, 4.69) is 9.89 Å². The van der Waals surface area contributed by atoms with E-state index in [0.29, 0.717) is 18.9 Å². The van der Waals surface area contributed by atoms with Crippen molar-refractivity contribution >= 4 is 23.3 Å². The van der Waals surface area contributed by atoms with Gasteiger partial charge in [0, 0.05) is 31.1 Å². The summed E-state index contributed by atoms with van der Waals surface area (Å²) in [6.07, 6.45) is 1.33. The Kier molecular flexibility index (Phi) is 5.87. The van der Waals surface area contributed by atoms with Crippen molar-refractivity contribution in [2.75, 3.05) is 37.8 Å². The smallest absolute Gasteiger partial charge is 0.273 e. The third-order valence-corrected chi connectivity index (χ3v) is 4.16. The Labute approximate surface area is 156 Å². The summed E-state index contributed by atoms with van der Waals surface area (Å²) >= 11 is 0. The van der Waals surface area contributed by atoms with E-state index in [1.807, 2.05) is 24.3 Å². The maximum atomic E-state index is 12.4. The molecule has 8 heteroatoms. The fraction of sp³-hybridized carbons (Fsp3) is 0.316. The highest BCUT2D eigenvalue weighted by Crippen LogP contribution is 2.32. The molecule has 0 aliphatic carbocycles. The van der Waals surface area contributed by atoms with E-state index in [-0.39, 0.29) is 23.6 Å². The highest BCUT2D eigenvalue weighted by molar-refractivity contribution is 5.87. The number of nitrogens with zero attached hydrogens (tertiary/aromatic N) is 3. The Morgan fingerprint density at radius 3 is 2.59 bits per heavy atom. The molecule has 0 spiro atoms. The summed E-state index contributed by atoms with van der Waals surface area (Å²) in [4.78, 5) is 17.0. The van der Waals surface area contributed by atoms with Crippen LogP contribution in [-0.4, -0.2) is 44.0 Å². The van der Waals surface area contributed by atoms with Gasteiger partial charge in [-0.3, -0.25) is 15.1 Å². The van der Waals surface area contributed by atoms with Gasteiger partial charge in [0.2, 0.25) is 0 Å². The minimum Gasteiger partial charge on any atom is -0.870 e. The fourth-order valence-corrected chi connectivity index (χ4v) is 2.79. The van der Waals surface area contributed by atoms with E-state index in [1.54, 1.807) is 6.92 Å². The van der Waals surface area contributed by atoms with E-state index < -0.39 is 10.7 Å². The molecular formula is C19H20N3O5-. The molecule has 1 fully saturated rings. The fourth-order valence-electron chi connectivity index (χ4n) is 2.79. The zero-order valence-corrected chi connectivity index (χ0v) is 15.0. The Balaban J connectivity index is 1.81. The quantitative estimate of drug-likeness (QED) is 0.440. The lowest BCUT2D eigenvalue weighted by atomic mass is 10.1. The number of aliphatic imine (C=N–C) groups is 1. The molecule has 0 bridgehead atoms. The van der Waals surface area contributed by atoms with Crippen molar-refractivity contribution in [2.45, 2.75) is 6.92 Å². The third-order valence-electron chi connectivity index (χ3n) is 4.16. The van der Waals surface area contributed by atoms with Crippen molar-refractivity contribution in [3.8, 4) is 11.5 Å². The van der Waals surface area contributed by atoms with Crippen LogP contribution in [0, 0.1) is 10.1 Å². The molecule has 0 N–H and O–H groups in total. The van der Waals surface area contributed by atoms with Crippen LogP contribution in [0.4, 0.5) is 17.1 Å². The van der Waals surface area contributed by atoms with Gasteiger partial charge in [-0.1, -0.05) is 5.75 Å². The van der Waals surface area contributed by atoms with Gasteiger partial charge >= 0.3 is 0 Å². The molecule has 0 saturated carbocycles. The summed E-state index contributed by atoms with van der Waals surface area (Å²) in [5, 5.41) is 23.4. The second-order valence-corrected chi connectivity index (χ2v) is 5.93. The molecule has 0 unspecified atom stereocenters. The van der Waals surface area contributed by atoms with Crippen molar-refractivity contribution < 1.29 is 19.5 Å². The normalized spacial score (nSPS) is 14.5. The van der Waals surface area contributed by atoms with Gasteiger partial charge in [0.1, 0.15) is 5.75 Å². The van der Waals surface area contributed by atoms with Gasteiger partial charge in [-0.2, -0.15) is 0 Å². The number of anilines is 1. The second-order valence-electron chi connectivity index (χ2n) is 5.93. The molecule has 27 heavy (non-hydrogen) atoms. The molecule has 1 aliphatic heterocycles. The number of nitro groups is 1. The van der Waals surface area contributed by atoms with Crippen molar-refractivity contribution in [2.24, 2.45) is 4.99 Å². The van der Waals surface area contributed by atoms with Crippen LogP contribution in [0.15, 0.2) is 41.4 Å². The lowest BCUT2D eigenvalue weighted by molar-refractivity contribution is -0.385. The van der Waals surface area contributed by atoms with Crippen LogP contribution in [0.1, 0.15) is 12.5 Å². The minimum absolute atomic E-state index is 0.0455. The maximum absolute atomic E-state index is 12.4. The van der Waals surface area contributed by atoms with Gasteiger partial charge in [-0.05, 0) is 36.8 Å². The molecule has 1 saturated heterocycles. The predicted molar refractivity (Wildman–Crippen MR) is 100 cm³/mol. The summed E-state index contributed by atoms with van der Waals surface area (Å²) in [6, 6.07) is 9.93. The Bertz CT molecular complexity index is 830. The number of rotatable bonds is 6. The van der Waals surface area contributed by atoms with Crippen LogP contribution in [0.25, 0.3) is 0 Å². The van der Waals surface area contributed by atoms with E-state index in [9.17, 15) is 15.2 Å². The van der Waals surface area contributed by atoms with Crippen molar-refractivity contribution in [1.29, 1.82) is 0 Å². The zero-order chi connectivity index (χ0) is 19.2.